The fourth-order valence-corrected chi connectivity index (χ4v) is 2.56. The Morgan fingerprint density at radius 3 is 2.84 bits per heavy atom. The van der Waals surface area contributed by atoms with E-state index in [1.165, 1.54) is 36.9 Å². The Morgan fingerprint density at radius 1 is 1.26 bits per heavy atom. The quantitative estimate of drug-likeness (QED) is 0.792. The summed E-state index contributed by atoms with van der Waals surface area (Å²) in [6.07, 6.45) is 3.99. The molecule has 106 valence electrons. The van der Waals surface area contributed by atoms with Gasteiger partial charge in [0.2, 0.25) is 0 Å². The van der Waals surface area contributed by atoms with Crippen LogP contribution in [0.1, 0.15) is 37.3 Å². The molecule has 0 aromatic heterocycles. The standard InChI is InChI=1S/C16H26N2O/c1-2-19-13-15-8-4-3-7-14(15)11-17-12-16-9-5-6-10-18-16/h3-4,7-8,16-18H,2,5-6,9-13H2,1H3. The Morgan fingerprint density at radius 2 is 2.11 bits per heavy atom. The van der Waals surface area contributed by atoms with Crippen LogP contribution in [-0.2, 0) is 17.9 Å². The third-order valence-electron chi connectivity index (χ3n) is 3.70. The van der Waals surface area contributed by atoms with Gasteiger partial charge in [-0.25, -0.2) is 0 Å². The molecule has 1 atom stereocenters. The average molecular weight is 262 g/mol. The maximum absolute atomic E-state index is 5.52. The molecular formula is C16H26N2O. The van der Waals surface area contributed by atoms with Crippen molar-refractivity contribution in [2.75, 3.05) is 19.7 Å². The number of nitrogens with one attached hydrogen (secondary N) is 2. The van der Waals surface area contributed by atoms with Gasteiger partial charge in [-0.05, 0) is 37.4 Å². The van der Waals surface area contributed by atoms with Gasteiger partial charge in [0.15, 0.2) is 0 Å². The van der Waals surface area contributed by atoms with Gasteiger partial charge in [0.25, 0.3) is 0 Å². The van der Waals surface area contributed by atoms with E-state index in [0.717, 1.165) is 26.3 Å². The predicted molar refractivity (Wildman–Crippen MR) is 79.1 cm³/mol. The van der Waals surface area contributed by atoms with Gasteiger partial charge in [-0.15, -0.1) is 0 Å². The highest BCUT2D eigenvalue weighted by molar-refractivity contribution is 5.26. The van der Waals surface area contributed by atoms with Crippen LogP contribution in [0, 0.1) is 0 Å². The van der Waals surface area contributed by atoms with Gasteiger partial charge in [-0.3, -0.25) is 0 Å². The molecule has 1 fully saturated rings. The van der Waals surface area contributed by atoms with Crippen LogP contribution >= 0.6 is 0 Å². The first-order valence-electron chi connectivity index (χ1n) is 7.48. The molecule has 1 heterocycles. The average Bonchev–Trinajstić information content (AvgIpc) is 2.47. The van der Waals surface area contributed by atoms with Crippen molar-refractivity contribution in [3.63, 3.8) is 0 Å². The Kier molecular flexibility index (Phi) is 6.34. The largest absolute Gasteiger partial charge is 0.377 e. The van der Waals surface area contributed by atoms with Crippen molar-refractivity contribution >= 4 is 0 Å². The Hall–Kier alpha value is -0.900. The van der Waals surface area contributed by atoms with E-state index in [1.54, 1.807) is 0 Å². The summed E-state index contributed by atoms with van der Waals surface area (Å²) < 4.78 is 5.52. The molecule has 1 aromatic carbocycles. The summed E-state index contributed by atoms with van der Waals surface area (Å²) in [6, 6.07) is 9.18. The van der Waals surface area contributed by atoms with Crippen molar-refractivity contribution in [1.82, 2.24) is 10.6 Å². The third kappa shape index (κ3) is 4.94. The lowest BCUT2D eigenvalue weighted by Crippen LogP contribution is -2.41. The van der Waals surface area contributed by atoms with Crippen molar-refractivity contribution < 1.29 is 4.74 Å². The molecule has 2 N–H and O–H groups in total. The summed E-state index contributed by atoms with van der Waals surface area (Å²) in [5, 5.41) is 7.14. The van der Waals surface area contributed by atoms with E-state index in [1.807, 2.05) is 6.92 Å². The zero-order valence-corrected chi connectivity index (χ0v) is 12.0. The van der Waals surface area contributed by atoms with Gasteiger partial charge >= 0.3 is 0 Å². The number of hydrogen-bond donors (Lipinski definition) is 2. The van der Waals surface area contributed by atoms with E-state index >= 15 is 0 Å². The number of hydrogen-bond acceptors (Lipinski definition) is 3. The molecule has 3 heteroatoms. The van der Waals surface area contributed by atoms with Crippen LogP contribution in [0.4, 0.5) is 0 Å². The van der Waals surface area contributed by atoms with Gasteiger partial charge in [-0.2, -0.15) is 0 Å². The lowest BCUT2D eigenvalue weighted by molar-refractivity contribution is 0.133. The number of piperidine rings is 1. The summed E-state index contributed by atoms with van der Waals surface area (Å²) in [6.45, 7) is 6.69. The molecule has 0 amide bonds. The zero-order chi connectivity index (χ0) is 13.3. The van der Waals surface area contributed by atoms with Crippen LogP contribution in [0.3, 0.4) is 0 Å². The Balaban J connectivity index is 1.77. The van der Waals surface area contributed by atoms with Crippen LogP contribution in [0.2, 0.25) is 0 Å². The fourth-order valence-electron chi connectivity index (χ4n) is 2.56. The molecule has 0 aliphatic carbocycles. The monoisotopic (exact) mass is 262 g/mol. The molecule has 1 unspecified atom stereocenters. The summed E-state index contributed by atoms with van der Waals surface area (Å²) in [7, 11) is 0. The van der Waals surface area contributed by atoms with Crippen molar-refractivity contribution in [3.05, 3.63) is 35.4 Å². The van der Waals surface area contributed by atoms with Gasteiger partial charge < -0.3 is 15.4 Å². The van der Waals surface area contributed by atoms with Crippen molar-refractivity contribution in [1.29, 1.82) is 0 Å². The molecule has 1 aliphatic rings. The maximum atomic E-state index is 5.52. The van der Waals surface area contributed by atoms with Gasteiger partial charge in [0.05, 0.1) is 6.61 Å². The second kappa shape index (κ2) is 8.31. The predicted octanol–water partition coefficient (Wildman–Crippen LogP) is 2.45. The van der Waals surface area contributed by atoms with Crippen molar-refractivity contribution in [2.45, 2.75) is 45.4 Å². The molecule has 3 nitrogen and oxygen atoms in total. The molecule has 0 saturated carbocycles. The molecule has 0 bridgehead atoms. The highest BCUT2D eigenvalue weighted by Crippen LogP contribution is 2.11. The number of rotatable bonds is 7. The van der Waals surface area contributed by atoms with E-state index in [9.17, 15) is 0 Å². The number of benzene rings is 1. The van der Waals surface area contributed by atoms with Crippen molar-refractivity contribution in [3.8, 4) is 0 Å². The van der Waals surface area contributed by atoms with Crippen LogP contribution in [0.15, 0.2) is 24.3 Å². The first kappa shape index (κ1) is 14.5. The van der Waals surface area contributed by atoms with E-state index in [-0.39, 0.29) is 0 Å². The van der Waals surface area contributed by atoms with Crippen LogP contribution in [0.5, 0.6) is 0 Å². The normalized spacial score (nSPS) is 19.5. The second-order valence-corrected chi connectivity index (χ2v) is 5.18. The van der Waals surface area contributed by atoms with E-state index in [0.29, 0.717) is 6.04 Å². The van der Waals surface area contributed by atoms with Crippen LogP contribution in [0.25, 0.3) is 0 Å². The first-order valence-corrected chi connectivity index (χ1v) is 7.48. The molecule has 2 rings (SSSR count). The SMILES string of the molecule is CCOCc1ccccc1CNCC1CCCCN1. The first-order chi connectivity index (χ1) is 9.40. The summed E-state index contributed by atoms with van der Waals surface area (Å²) in [5.74, 6) is 0. The zero-order valence-electron chi connectivity index (χ0n) is 12.0. The molecule has 1 aliphatic heterocycles. The minimum atomic E-state index is 0.646. The molecule has 0 radical (unpaired) electrons. The van der Waals surface area contributed by atoms with Crippen LogP contribution < -0.4 is 10.6 Å². The fraction of sp³-hybridized carbons (Fsp3) is 0.625. The number of ether oxygens (including phenoxy) is 1. The molecule has 19 heavy (non-hydrogen) atoms. The second-order valence-electron chi connectivity index (χ2n) is 5.18. The summed E-state index contributed by atoms with van der Waals surface area (Å²) in [5.41, 5.74) is 2.65. The minimum Gasteiger partial charge on any atom is -0.377 e. The van der Waals surface area contributed by atoms with Crippen LogP contribution in [-0.4, -0.2) is 25.7 Å². The smallest absolute Gasteiger partial charge is 0.0719 e. The lowest BCUT2D eigenvalue weighted by atomic mass is 10.0. The third-order valence-corrected chi connectivity index (χ3v) is 3.70. The van der Waals surface area contributed by atoms with E-state index in [2.05, 4.69) is 34.9 Å². The molecule has 1 aromatic rings. The summed E-state index contributed by atoms with van der Waals surface area (Å²) >= 11 is 0. The maximum Gasteiger partial charge on any atom is 0.0719 e. The Labute approximate surface area is 116 Å². The van der Waals surface area contributed by atoms with Gasteiger partial charge in [0, 0.05) is 25.7 Å². The molecule has 1 saturated heterocycles. The minimum absolute atomic E-state index is 0.646. The topological polar surface area (TPSA) is 33.3 Å². The van der Waals surface area contributed by atoms with Gasteiger partial charge in [-0.1, -0.05) is 30.7 Å². The van der Waals surface area contributed by atoms with E-state index < -0.39 is 0 Å². The molecule has 0 spiro atoms. The van der Waals surface area contributed by atoms with E-state index in [4.69, 9.17) is 4.74 Å². The highest BCUT2D eigenvalue weighted by Gasteiger charge is 2.11. The summed E-state index contributed by atoms with van der Waals surface area (Å²) in [4.78, 5) is 0. The Bertz CT molecular complexity index is 362. The highest BCUT2D eigenvalue weighted by atomic mass is 16.5. The lowest BCUT2D eigenvalue weighted by Gasteiger charge is -2.24. The van der Waals surface area contributed by atoms with Gasteiger partial charge in [0.1, 0.15) is 0 Å². The molecular weight excluding hydrogens is 236 g/mol. The van der Waals surface area contributed by atoms with Crippen molar-refractivity contribution in [2.24, 2.45) is 0 Å².